The Hall–Kier alpha value is -1.32. The van der Waals surface area contributed by atoms with Crippen LogP contribution in [-0.2, 0) is 19.6 Å². The van der Waals surface area contributed by atoms with Crippen LogP contribution in [-0.4, -0.2) is 6.54 Å². The van der Waals surface area contributed by atoms with Gasteiger partial charge in [0.1, 0.15) is 12.4 Å². The second-order valence-electron chi connectivity index (χ2n) is 5.68. The average Bonchev–Trinajstić information content (AvgIpc) is 2.93. The Labute approximate surface area is 132 Å². The van der Waals surface area contributed by atoms with Gasteiger partial charge in [-0.3, -0.25) is 0 Å². The highest BCUT2D eigenvalue weighted by atomic mass is 32.1. The number of thiophene rings is 1. The van der Waals surface area contributed by atoms with Crippen molar-refractivity contribution >= 4 is 11.3 Å². The third kappa shape index (κ3) is 5.52. The maximum absolute atomic E-state index is 5.90. The number of ether oxygens (including phenoxy) is 1. The molecule has 2 aromatic rings. The Bertz CT molecular complexity index is 548. The van der Waals surface area contributed by atoms with Gasteiger partial charge in [0.15, 0.2) is 0 Å². The summed E-state index contributed by atoms with van der Waals surface area (Å²) in [7, 11) is 0. The van der Waals surface area contributed by atoms with E-state index in [2.05, 4.69) is 56.4 Å². The van der Waals surface area contributed by atoms with Crippen LogP contribution in [0.2, 0.25) is 0 Å². The minimum Gasteiger partial charge on any atom is -0.488 e. The summed E-state index contributed by atoms with van der Waals surface area (Å²) in [5, 5.41) is 3.46. The van der Waals surface area contributed by atoms with Crippen LogP contribution in [0, 0.1) is 5.92 Å². The van der Waals surface area contributed by atoms with Gasteiger partial charge in [0.2, 0.25) is 0 Å². The predicted molar refractivity (Wildman–Crippen MR) is 91.0 cm³/mol. The molecule has 0 bridgehead atoms. The molecule has 0 fully saturated rings. The summed E-state index contributed by atoms with van der Waals surface area (Å²) in [6.45, 7) is 9.22. The Balaban J connectivity index is 1.85. The number of rotatable bonds is 8. The van der Waals surface area contributed by atoms with Crippen molar-refractivity contribution in [2.75, 3.05) is 6.54 Å². The molecule has 0 aliphatic carbocycles. The van der Waals surface area contributed by atoms with E-state index in [0.29, 0.717) is 12.5 Å². The normalized spacial score (nSPS) is 11.0. The summed E-state index contributed by atoms with van der Waals surface area (Å²) in [6, 6.07) is 12.7. The number of aryl methyl sites for hydroxylation is 1. The Kier molecular flexibility index (Phi) is 6.27. The maximum atomic E-state index is 5.90. The van der Waals surface area contributed by atoms with E-state index in [1.807, 2.05) is 17.4 Å². The highest BCUT2D eigenvalue weighted by Gasteiger charge is 2.02. The zero-order valence-electron chi connectivity index (χ0n) is 13.2. The fourth-order valence-electron chi connectivity index (χ4n) is 2.09. The van der Waals surface area contributed by atoms with Gasteiger partial charge in [-0.25, -0.2) is 0 Å². The third-order valence-corrected chi connectivity index (χ3v) is 4.43. The SMILES string of the molecule is CCc1ccc(COc2cccc(CNCC(C)C)c2)s1. The molecule has 1 aromatic carbocycles. The van der Waals surface area contributed by atoms with E-state index in [-0.39, 0.29) is 0 Å². The van der Waals surface area contributed by atoms with E-state index in [1.54, 1.807) is 0 Å². The van der Waals surface area contributed by atoms with E-state index < -0.39 is 0 Å². The van der Waals surface area contributed by atoms with E-state index >= 15 is 0 Å². The first-order valence-corrected chi connectivity index (χ1v) is 8.49. The highest BCUT2D eigenvalue weighted by Crippen LogP contribution is 2.20. The van der Waals surface area contributed by atoms with Crippen LogP contribution >= 0.6 is 11.3 Å². The second-order valence-corrected chi connectivity index (χ2v) is 6.94. The molecule has 3 heteroatoms. The molecule has 1 heterocycles. The summed E-state index contributed by atoms with van der Waals surface area (Å²) >= 11 is 1.84. The molecule has 21 heavy (non-hydrogen) atoms. The van der Waals surface area contributed by atoms with Gasteiger partial charge in [-0.2, -0.15) is 0 Å². The van der Waals surface area contributed by atoms with Gasteiger partial charge in [-0.05, 0) is 48.7 Å². The molecule has 0 spiro atoms. The molecule has 0 radical (unpaired) electrons. The van der Waals surface area contributed by atoms with Gasteiger partial charge in [0, 0.05) is 16.3 Å². The summed E-state index contributed by atoms with van der Waals surface area (Å²) < 4.78 is 5.90. The number of nitrogens with one attached hydrogen (secondary N) is 1. The molecule has 2 nitrogen and oxygen atoms in total. The van der Waals surface area contributed by atoms with Gasteiger partial charge in [-0.1, -0.05) is 32.9 Å². The van der Waals surface area contributed by atoms with Gasteiger partial charge in [-0.15, -0.1) is 11.3 Å². The van der Waals surface area contributed by atoms with Crippen LogP contribution in [0.15, 0.2) is 36.4 Å². The fraction of sp³-hybridized carbons (Fsp3) is 0.444. The van der Waals surface area contributed by atoms with Crippen molar-refractivity contribution in [2.45, 2.75) is 40.3 Å². The van der Waals surface area contributed by atoms with Crippen molar-refractivity contribution in [2.24, 2.45) is 5.92 Å². The standard InChI is InChI=1S/C18H25NOS/c1-4-17-8-9-18(21-17)13-20-16-7-5-6-15(10-16)12-19-11-14(2)3/h5-10,14,19H,4,11-13H2,1-3H3. The third-order valence-electron chi connectivity index (χ3n) is 3.23. The summed E-state index contributed by atoms with van der Waals surface area (Å²) in [5.74, 6) is 1.63. The van der Waals surface area contributed by atoms with E-state index in [9.17, 15) is 0 Å². The molecule has 0 saturated carbocycles. The van der Waals surface area contributed by atoms with E-state index in [4.69, 9.17) is 4.74 Å². The summed E-state index contributed by atoms with van der Waals surface area (Å²) in [5.41, 5.74) is 1.27. The maximum Gasteiger partial charge on any atom is 0.122 e. The lowest BCUT2D eigenvalue weighted by atomic mass is 10.2. The lowest BCUT2D eigenvalue weighted by Crippen LogP contribution is -2.18. The molecule has 1 N–H and O–H groups in total. The first-order chi connectivity index (χ1) is 10.2. The van der Waals surface area contributed by atoms with Crippen LogP contribution < -0.4 is 10.1 Å². The Morgan fingerprint density at radius 2 is 1.95 bits per heavy atom. The molecule has 0 unspecified atom stereocenters. The quantitative estimate of drug-likeness (QED) is 0.767. The molecular formula is C18H25NOS. The van der Waals surface area contributed by atoms with Gasteiger partial charge in [0.25, 0.3) is 0 Å². The summed E-state index contributed by atoms with van der Waals surface area (Å²) in [4.78, 5) is 2.70. The van der Waals surface area contributed by atoms with E-state index in [0.717, 1.165) is 25.3 Å². The Morgan fingerprint density at radius 1 is 1.14 bits per heavy atom. The van der Waals surface area contributed by atoms with Gasteiger partial charge < -0.3 is 10.1 Å². The van der Waals surface area contributed by atoms with Crippen LogP contribution in [0.5, 0.6) is 5.75 Å². The minimum atomic E-state index is 0.660. The van der Waals surface area contributed by atoms with E-state index in [1.165, 1.54) is 15.3 Å². The van der Waals surface area contributed by atoms with Crippen molar-refractivity contribution in [3.8, 4) is 5.75 Å². The highest BCUT2D eigenvalue weighted by molar-refractivity contribution is 7.11. The van der Waals surface area contributed by atoms with Gasteiger partial charge >= 0.3 is 0 Å². The molecule has 0 aliphatic heterocycles. The molecule has 0 amide bonds. The van der Waals surface area contributed by atoms with Crippen molar-refractivity contribution in [1.29, 1.82) is 0 Å². The smallest absolute Gasteiger partial charge is 0.122 e. The summed E-state index contributed by atoms with van der Waals surface area (Å²) in [6.07, 6.45) is 1.10. The van der Waals surface area contributed by atoms with Gasteiger partial charge in [0.05, 0.1) is 0 Å². The number of benzene rings is 1. The Morgan fingerprint density at radius 3 is 2.67 bits per heavy atom. The van der Waals surface area contributed by atoms with Crippen molar-refractivity contribution in [1.82, 2.24) is 5.32 Å². The molecular weight excluding hydrogens is 278 g/mol. The molecule has 114 valence electrons. The molecule has 0 atom stereocenters. The predicted octanol–water partition coefficient (Wildman–Crippen LogP) is 4.64. The van der Waals surface area contributed by atoms with Crippen molar-refractivity contribution < 1.29 is 4.74 Å². The van der Waals surface area contributed by atoms with Crippen LogP contribution in [0.4, 0.5) is 0 Å². The number of hydrogen-bond acceptors (Lipinski definition) is 3. The lowest BCUT2D eigenvalue weighted by Gasteiger charge is -2.09. The monoisotopic (exact) mass is 303 g/mol. The minimum absolute atomic E-state index is 0.660. The number of hydrogen-bond donors (Lipinski definition) is 1. The van der Waals surface area contributed by atoms with Crippen LogP contribution in [0.1, 0.15) is 36.1 Å². The second kappa shape index (κ2) is 8.20. The average molecular weight is 303 g/mol. The topological polar surface area (TPSA) is 21.3 Å². The van der Waals surface area contributed by atoms with Crippen LogP contribution in [0.25, 0.3) is 0 Å². The molecule has 2 rings (SSSR count). The van der Waals surface area contributed by atoms with Crippen molar-refractivity contribution in [3.63, 3.8) is 0 Å². The molecule has 0 aliphatic rings. The zero-order valence-corrected chi connectivity index (χ0v) is 14.0. The van der Waals surface area contributed by atoms with Crippen LogP contribution in [0.3, 0.4) is 0 Å². The molecule has 1 aromatic heterocycles. The lowest BCUT2D eigenvalue weighted by molar-refractivity contribution is 0.309. The van der Waals surface area contributed by atoms with Crippen molar-refractivity contribution in [3.05, 3.63) is 51.7 Å². The zero-order chi connectivity index (χ0) is 15.1. The fourth-order valence-corrected chi connectivity index (χ4v) is 2.97. The molecule has 0 saturated heterocycles. The first-order valence-electron chi connectivity index (χ1n) is 7.67. The first kappa shape index (κ1) is 16.1. The largest absolute Gasteiger partial charge is 0.488 e.